The van der Waals surface area contributed by atoms with E-state index in [0.29, 0.717) is 5.92 Å². The second-order valence-corrected chi connectivity index (χ2v) is 5.08. The van der Waals surface area contributed by atoms with E-state index in [1.165, 1.54) is 0 Å². The average molecular weight is 223 g/mol. The Morgan fingerprint density at radius 3 is 1.93 bits per heavy atom. The van der Waals surface area contributed by atoms with Gasteiger partial charge in [-0.05, 0) is 26.2 Å². The lowest BCUT2D eigenvalue weighted by Gasteiger charge is -2.30. The topological polar surface area (TPSA) is 3.24 Å². The minimum Gasteiger partial charge on any atom is -0.297 e. The Kier molecular flexibility index (Phi) is 3.69. The van der Waals surface area contributed by atoms with Crippen molar-refractivity contribution in [2.75, 3.05) is 6.54 Å². The quantitative estimate of drug-likeness (QED) is 0.694. The number of nitrogens with zero attached hydrogens (tertiary/aromatic N) is 1. The molecule has 0 spiro atoms. The summed E-state index contributed by atoms with van der Waals surface area (Å²) in [5.41, 5.74) is 0. The summed E-state index contributed by atoms with van der Waals surface area (Å²) in [6.45, 7) is 8.10. The number of likely N-dealkylation sites (tertiary alicyclic amines) is 1. The smallest absolute Gasteiger partial charge is 0.297 e. The summed E-state index contributed by atoms with van der Waals surface area (Å²) in [5, 5.41) is 0. The van der Waals surface area contributed by atoms with E-state index in [1.54, 1.807) is 0 Å². The van der Waals surface area contributed by atoms with Gasteiger partial charge in [-0.2, -0.15) is 13.2 Å². The van der Waals surface area contributed by atoms with Crippen molar-refractivity contribution in [2.45, 2.75) is 52.4 Å². The highest BCUT2D eigenvalue weighted by molar-refractivity contribution is 4.91. The lowest BCUT2D eigenvalue weighted by Crippen LogP contribution is -2.38. The number of rotatable bonds is 2. The molecule has 90 valence electrons. The zero-order valence-corrected chi connectivity index (χ0v) is 9.80. The molecule has 1 saturated heterocycles. The van der Waals surface area contributed by atoms with Crippen molar-refractivity contribution in [3.63, 3.8) is 0 Å². The maximum Gasteiger partial charge on any atom is 0.393 e. The molecule has 1 rings (SSSR count). The minimum absolute atomic E-state index is 0.0802. The third-order valence-electron chi connectivity index (χ3n) is 3.28. The molecule has 0 bridgehead atoms. The summed E-state index contributed by atoms with van der Waals surface area (Å²) in [7, 11) is 0. The van der Waals surface area contributed by atoms with E-state index < -0.39 is 12.1 Å². The summed E-state index contributed by atoms with van der Waals surface area (Å²) in [5.74, 6) is -0.841. The van der Waals surface area contributed by atoms with Crippen LogP contribution in [-0.2, 0) is 0 Å². The van der Waals surface area contributed by atoms with Crippen LogP contribution in [0.1, 0.15) is 34.1 Å². The van der Waals surface area contributed by atoms with Crippen LogP contribution in [0.3, 0.4) is 0 Å². The third-order valence-corrected chi connectivity index (χ3v) is 3.28. The van der Waals surface area contributed by atoms with Crippen molar-refractivity contribution in [3.05, 3.63) is 0 Å². The van der Waals surface area contributed by atoms with Crippen LogP contribution in [-0.4, -0.2) is 29.7 Å². The van der Waals surface area contributed by atoms with Gasteiger partial charge in [-0.25, -0.2) is 0 Å². The van der Waals surface area contributed by atoms with Crippen molar-refractivity contribution < 1.29 is 13.2 Å². The van der Waals surface area contributed by atoms with Crippen LogP contribution < -0.4 is 0 Å². The van der Waals surface area contributed by atoms with Gasteiger partial charge in [0.1, 0.15) is 0 Å². The molecule has 0 saturated carbocycles. The molecule has 2 unspecified atom stereocenters. The van der Waals surface area contributed by atoms with Gasteiger partial charge in [-0.1, -0.05) is 13.8 Å². The SMILES string of the molecule is CC(C)C1CC(C(F)(F)F)CN1C(C)C. The number of hydrogen-bond acceptors (Lipinski definition) is 1. The van der Waals surface area contributed by atoms with Crippen molar-refractivity contribution in [1.29, 1.82) is 0 Å². The summed E-state index contributed by atoms with van der Waals surface area (Å²) >= 11 is 0. The van der Waals surface area contributed by atoms with Gasteiger partial charge in [0, 0.05) is 18.6 Å². The van der Waals surface area contributed by atoms with Gasteiger partial charge in [-0.15, -0.1) is 0 Å². The Balaban J connectivity index is 2.74. The maximum atomic E-state index is 12.6. The lowest BCUT2D eigenvalue weighted by atomic mass is 9.97. The first kappa shape index (κ1) is 12.8. The Labute approximate surface area is 89.6 Å². The first-order chi connectivity index (χ1) is 6.73. The fourth-order valence-electron chi connectivity index (χ4n) is 2.38. The maximum absolute atomic E-state index is 12.6. The van der Waals surface area contributed by atoms with Gasteiger partial charge in [0.2, 0.25) is 0 Å². The normalized spacial score (nSPS) is 29.4. The van der Waals surface area contributed by atoms with Crippen LogP contribution in [0, 0.1) is 11.8 Å². The summed E-state index contributed by atoms with van der Waals surface area (Å²) in [6.07, 6.45) is -3.77. The number of halogens is 3. The van der Waals surface area contributed by atoms with Crippen molar-refractivity contribution in [2.24, 2.45) is 11.8 Å². The van der Waals surface area contributed by atoms with Crippen LogP contribution in [0.25, 0.3) is 0 Å². The van der Waals surface area contributed by atoms with E-state index in [4.69, 9.17) is 0 Å². The molecule has 0 aromatic carbocycles. The standard InChI is InChI=1S/C11H20F3N/c1-7(2)10-5-9(11(12,13)14)6-15(10)8(3)4/h7-10H,5-6H2,1-4H3. The molecular formula is C11H20F3N. The van der Waals surface area contributed by atoms with E-state index >= 15 is 0 Å². The van der Waals surface area contributed by atoms with Crippen molar-refractivity contribution in [3.8, 4) is 0 Å². The molecule has 0 amide bonds. The minimum atomic E-state index is -4.03. The molecule has 0 aromatic heterocycles. The van der Waals surface area contributed by atoms with Gasteiger partial charge < -0.3 is 0 Å². The van der Waals surface area contributed by atoms with Crippen LogP contribution in [0.5, 0.6) is 0 Å². The molecule has 2 atom stereocenters. The molecule has 0 aliphatic carbocycles. The first-order valence-electron chi connectivity index (χ1n) is 5.56. The van der Waals surface area contributed by atoms with E-state index in [-0.39, 0.29) is 25.0 Å². The van der Waals surface area contributed by atoms with Gasteiger partial charge in [-0.3, -0.25) is 4.90 Å². The monoisotopic (exact) mass is 223 g/mol. The van der Waals surface area contributed by atoms with Crippen LogP contribution in [0.2, 0.25) is 0 Å². The lowest BCUT2D eigenvalue weighted by molar-refractivity contribution is -0.171. The molecule has 4 heteroatoms. The highest BCUT2D eigenvalue weighted by Crippen LogP contribution is 2.39. The fourth-order valence-corrected chi connectivity index (χ4v) is 2.38. The largest absolute Gasteiger partial charge is 0.393 e. The molecule has 1 nitrogen and oxygen atoms in total. The molecule has 1 aliphatic rings. The van der Waals surface area contributed by atoms with Gasteiger partial charge in [0.15, 0.2) is 0 Å². The Morgan fingerprint density at radius 2 is 1.67 bits per heavy atom. The van der Waals surface area contributed by atoms with Gasteiger partial charge >= 0.3 is 6.18 Å². The van der Waals surface area contributed by atoms with Crippen molar-refractivity contribution in [1.82, 2.24) is 4.90 Å². The molecule has 0 radical (unpaired) electrons. The highest BCUT2D eigenvalue weighted by Gasteiger charge is 2.48. The van der Waals surface area contributed by atoms with Crippen LogP contribution >= 0.6 is 0 Å². The van der Waals surface area contributed by atoms with E-state index in [2.05, 4.69) is 0 Å². The number of alkyl halides is 3. The zero-order valence-electron chi connectivity index (χ0n) is 9.80. The zero-order chi connectivity index (χ0) is 11.8. The molecule has 0 aromatic rings. The number of hydrogen-bond donors (Lipinski definition) is 0. The third kappa shape index (κ3) is 2.86. The van der Waals surface area contributed by atoms with E-state index in [1.807, 2.05) is 32.6 Å². The van der Waals surface area contributed by atoms with Crippen molar-refractivity contribution >= 4 is 0 Å². The first-order valence-corrected chi connectivity index (χ1v) is 5.56. The van der Waals surface area contributed by atoms with Gasteiger partial charge in [0.05, 0.1) is 5.92 Å². The summed E-state index contributed by atoms with van der Waals surface area (Å²) in [6, 6.07) is 0.279. The predicted molar refractivity (Wildman–Crippen MR) is 54.6 cm³/mol. The Bertz CT molecular complexity index is 194. The Hall–Kier alpha value is -0.250. The molecule has 1 fully saturated rings. The average Bonchev–Trinajstić information content (AvgIpc) is 2.45. The van der Waals surface area contributed by atoms with E-state index in [0.717, 1.165) is 0 Å². The highest BCUT2D eigenvalue weighted by atomic mass is 19.4. The fraction of sp³-hybridized carbons (Fsp3) is 1.00. The molecule has 1 heterocycles. The molecule has 1 aliphatic heterocycles. The second-order valence-electron chi connectivity index (χ2n) is 5.08. The summed E-state index contributed by atoms with van der Waals surface area (Å²) in [4.78, 5) is 1.99. The van der Waals surface area contributed by atoms with E-state index in [9.17, 15) is 13.2 Å². The van der Waals surface area contributed by atoms with Gasteiger partial charge in [0.25, 0.3) is 0 Å². The van der Waals surface area contributed by atoms with Crippen LogP contribution in [0.4, 0.5) is 13.2 Å². The molecular weight excluding hydrogens is 203 g/mol. The second kappa shape index (κ2) is 4.32. The Morgan fingerprint density at radius 1 is 1.13 bits per heavy atom. The summed E-state index contributed by atoms with van der Waals surface area (Å²) < 4.78 is 37.8. The van der Waals surface area contributed by atoms with Crippen LogP contribution in [0.15, 0.2) is 0 Å². The molecule has 15 heavy (non-hydrogen) atoms. The predicted octanol–water partition coefficient (Wildman–Crippen LogP) is 3.30. The molecule has 0 N–H and O–H groups in total.